The SMILES string of the molecule is Cc1nnc(CN=C(NCC2CCCO2)N2CCN(CC(=O)N3CCOCC3)CC2)n1C. The second-order valence-electron chi connectivity index (χ2n) is 8.63. The number of aromatic nitrogens is 3. The molecule has 4 heterocycles. The van der Waals surface area contributed by atoms with Gasteiger partial charge in [0.1, 0.15) is 12.4 Å². The molecule has 11 nitrogen and oxygen atoms in total. The van der Waals surface area contributed by atoms with Gasteiger partial charge in [0.15, 0.2) is 11.8 Å². The van der Waals surface area contributed by atoms with E-state index in [9.17, 15) is 4.79 Å². The van der Waals surface area contributed by atoms with Crippen LogP contribution >= 0.6 is 0 Å². The Hall–Kier alpha value is -2.24. The van der Waals surface area contributed by atoms with Crippen molar-refractivity contribution < 1.29 is 14.3 Å². The average molecular weight is 449 g/mol. The first-order valence-corrected chi connectivity index (χ1v) is 11.7. The van der Waals surface area contributed by atoms with Gasteiger partial charge in [-0.25, -0.2) is 4.99 Å². The zero-order valence-electron chi connectivity index (χ0n) is 19.3. The van der Waals surface area contributed by atoms with Crippen molar-refractivity contribution in [3.05, 3.63) is 11.6 Å². The Balaban J connectivity index is 1.32. The standard InChI is InChI=1S/C21H36N8O3/c1-17-24-25-19(26(17)2)15-23-21(22-14-18-4-3-11-32-18)29-7-5-27(6-8-29)16-20(30)28-9-12-31-13-10-28/h18H,3-16H2,1-2H3,(H,22,23). The Morgan fingerprint density at radius 2 is 1.88 bits per heavy atom. The van der Waals surface area contributed by atoms with Gasteiger partial charge in [-0.2, -0.15) is 0 Å². The van der Waals surface area contributed by atoms with Crippen LogP contribution in [0.1, 0.15) is 24.5 Å². The number of hydrogen-bond donors (Lipinski definition) is 1. The van der Waals surface area contributed by atoms with Crippen molar-refractivity contribution in [1.82, 2.24) is 34.8 Å². The van der Waals surface area contributed by atoms with E-state index >= 15 is 0 Å². The molecule has 3 fully saturated rings. The van der Waals surface area contributed by atoms with Crippen molar-refractivity contribution in [2.24, 2.45) is 12.0 Å². The molecule has 3 aliphatic heterocycles. The van der Waals surface area contributed by atoms with E-state index in [2.05, 4.69) is 25.3 Å². The molecule has 4 rings (SSSR count). The predicted octanol–water partition coefficient (Wildman–Crippen LogP) is -0.775. The highest BCUT2D eigenvalue weighted by atomic mass is 16.5. The smallest absolute Gasteiger partial charge is 0.236 e. The quantitative estimate of drug-likeness (QED) is 0.447. The molecule has 1 unspecified atom stereocenters. The number of rotatable bonds is 6. The molecule has 178 valence electrons. The summed E-state index contributed by atoms with van der Waals surface area (Å²) in [4.78, 5) is 23.8. The molecule has 11 heteroatoms. The summed E-state index contributed by atoms with van der Waals surface area (Å²) in [5.41, 5.74) is 0. The molecule has 0 bridgehead atoms. The van der Waals surface area contributed by atoms with E-state index in [4.69, 9.17) is 14.5 Å². The van der Waals surface area contributed by atoms with Crippen LogP contribution in [-0.2, 0) is 27.9 Å². The zero-order valence-corrected chi connectivity index (χ0v) is 19.3. The third kappa shape index (κ3) is 5.96. The summed E-state index contributed by atoms with van der Waals surface area (Å²) < 4.78 is 13.1. The Labute approximate surface area is 189 Å². The van der Waals surface area contributed by atoms with E-state index in [1.54, 1.807) is 0 Å². The maximum Gasteiger partial charge on any atom is 0.236 e. The third-order valence-corrected chi connectivity index (χ3v) is 6.46. The Kier molecular flexibility index (Phi) is 7.93. The monoisotopic (exact) mass is 448 g/mol. The minimum Gasteiger partial charge on any atom is -0.378 e. The van der Waals surface area contributed by atoms with Crippen LogP contribution in [0.2, 0.25) is 0 Å². The van der Waals surface area contributed by atoms with Crippen molar-refractivity contribution in [2.45, 2.75) is 32.4 Å². The lowest BCUT2D eigenvalue weighted by Crippen LogP contribution is -2.55. The summed E-state index contributed by atoms with van der Waals surface area (Å²) in [6, 6.07) is 0. The van der Waals surface area contributed by atoms with E-state index in [0.29, 0.717) is 39.4 Å². The molecule has 0 aliphatic carbocycles. The van der Waals surface area contributed by atoms with Crippen LogP contribution in [0.4, 0.5) is 0 Å². The summed E-state index contributed by atoms with van der Waals surface area (Å²) in [5, 5.41) is 11.9. The molecular weight excluding hydrogens is 412 g/mol. The Morgan fingerprint density at radius 3 is 2.53 bits per heavy atom. The van der Waals surface area contributed by atoms with E-state index in [-0.39, 0.29) is 12.0 Å². The largest absolute Gasteiger partial charge is 0.378 e. The number of hydrogen-bond acceptors (Lipinski definition) is 7. The molecular formula is C21H36N8O3. The summed E-state index contributed by atoms with van der Waals surface area (Å²) in [7, 11) is 1.96. The number of aryl methyl sites for hydroxylation is 1. The average Bonchev–Trinajstić information content (AvgIpc) is 3.46. The fraction of sp³-hybridized carbons (Fsp3) is 0.810. The maximum atomic E-state index is 12.6. The number of carbonyl (C=O) groups is 1. The number of amides is 1. The molecule has 1 aromatic rings. The van der Waals surface area contributed by atoms with Gasteiger partial charge in [0, 0.05) is 59.5 Å². The molecule has 3 saturated heterocycles. The number of aliphatic imine (C=N–C) groups is 1. The van der Waals surface area contributed by atoms with E-state index in [1.807, 2.05) is 23.4 Å². The van der Waals surface area contributed by atoms with Crippen LogP contribution in [0.25, 0.3) is 0 Å². The molecule has 0 saturated carbocycles. The highest BCUT2D eigenvalue weighted by Crippen LogP contribution is 2.11. The molecule has 1 amide bonds. The van der Waals surface area contributed by atoms with Gasteiger partial charge in [-0.3, -0.25) is 9.69 Å². The molecule has 3 aliphatic rings. The number of morpholine rings is 1. The predicted molar refractivity (Wildman–Crippen MR) is 119 cm³/mol. The first-order chi connectivity index (χ1) is 15.6. The molecule has 0 radical (unpaired) electrons. The van der Waals surface area contributed by atoms with Crippen LogP contribution in [-0.4, -0.2) is 120 Å². The Morgan fingerprint density at radius 1 is 1.09 bits per heavy atom. The molecule has 0 aromatic carbocycles. The lowest BCUT2D eigenvalue weighted by molar-refractivity contribution is -0.136. The minimum absolute atomic E-state index is 0.199. The number of nitrogens with one attached hydrogen (secondary N) is 1. The fourth-order valence-electron chi connectivity index (χ4n) is 4.23. The van der Waals surface area contributed by atoms with Gasteiger partial charge < -0.3 is 29.2 Å². The van der Waals surface area contributed by atoms with Crippen molar-refractivity contribution >= 4 is 11.9 Å². The second-order valence-corrected chi connectivity index (χ2v) is 8.63. The highest BCUT2D eigenvalue weighted by Gasteiger charge is 2.25. The molecule has 1 N–H and O–H groups in total. The maximum absolute atomic E-state index is 12.6. The normalized spacial score (nSPS) is 23.1. The lowest BCUT2D eigenvalue weighted by atomic mass is 10.2. The van der Waals surface area contributed by atoms with Crippen LogP contribution in [0.5, 0.6) is 0 Å². The topological polar surface area (TPSA) is 100 Å². The number of ether oxygens (including phenoxy) is 2. The Bertz CT molecular complexity index is 778. The van der Waals surface area contributed by atoms with Crippen molar-refractivity contribution in [3.8, 4) is 0 Å². The summed E-state index contributed by atoms with van der Waals surface area (Å²) >= 11 is 0. The molecule has 1 atom stereocenters. The number of piperazine rings is 1. The molecule has 0 spiro atoms. The van der Waals surface area contributed by atoms with Crippen molar-refractivity contribution in [3.63, 3.8) is 0 Å². The first-order valence-electron chi connectivity index (χ1n) is 11.7. The van der Waals surface area contributed by atoms with Crippen LogP contribution < -0.4 is 5.32 Å². The molecule has 1 aromatic heterocycles. The van der Waals surface area contributed by atoms with Gasteiger partial charge in [-0.15, -0.1) is 10.2 Å². The third-order valence-electron chi connectivity index (χ3n) is 6.46. The number of nitrogens with zero attached hydrogens (tertiary/aromatic N) is 7. The van der Waals surface area contributed by atoms with Crippen molar-refractivity contribution in [1.29, 1.82) is 0 Å². The minimum atomic E-state index is 0.199. The van der Waals surface area contributed by atoms with E-state index in [1.165, 1.54) is 0 Å². The zero-order chi connectivity index (χ0) is 22.3. The fourth-order valence-corrected chi connectivity index (χ4v) is 4.23. The first kappa shape index (κ1) is 22.9. The summed E-state index contributed by atoms with van der Waals surface area (Å²) in [5.74, 6) is 2.79. The van der Waals surface area contributed by atoms with Crippen LogP contribution in [0.15, 0.2) is 4.99 Å². The lowest BCUT2D eigenvalue weighted by Gasteiger charge is -2.37. The summed E-state index contributed by atoms with van der Waals surface area (Å²) in [6.07, 6.45) is 2.44. The van der Waals surface area contributed by atoms with Gasteiger partial charge in [0.05, 0.1) is 25.9 Å². The van der Waals surface area contributed by atoms with Gasteiger partial charge in [0.2, 0.25) is 5.91 Å². The van der Waals surface area contributed by atoms with Gasteiger partial charge in [-0.1, -0.05) is 0 Å². The van der Waals surface area contributed by atoms with Crippen LogP contribution in [0, 0.1) is 6.92 Å². The second kappa shape index (κ2) is 11.1. The van der Waals surface area contributed by atoms with Gasteiger partial charge >= 0.3 is 0 Å². The van der Waals surface area contributed by atoms with Gasteiger partial charge in [0.25, 0.3) is 0 Å². The van der Waals surface area contributed by atoms with Gasteiger partial charge in [-0.05, 0) is 19.8 Å². The molecule has 32 heavy (non-hydrogen) atoms. The highest BCUT2D eigenvalue weighted by molar-refractivity contribution is 5.80. The van der Waals surface area contributed by atoms with E-state index in [0.717, 1.165) is 69.8 Å². The van der Waals surface area contributed by atoms with Crippen molar-refractivity contribution in [2.75, 3.05) is 72.2 Å². The van der Waals surface area contributed by atoms with Crippen LogP contribution in [0.3, 0.4) is 0 Å². The van der Waals surface area contributed by atoms with E-state index < -0.39 is 0 Å². The number of guanidine groups is 1. The number of carbonyl (C=O) groups excluding carboxylic acids is 1. The summed E-state index contributed by atoms with van der Waals surface area (Å²) in [6.45, 7) is 10.5.